The number of benzene rings is 1. The van der Waals surface area contributed by atoms with E-state index in [0.717, 1.165) is 5.47 Å². The van der Waals surface area contributed by atoms with Crippen LogP contribution in [0.25, 0.3) is 6.08 Å². The highest BCUT2D eigenvalue weighted by Crippen LogP contribution is 2.38. The molecule has 0 saturated carbocycles. The normalized spacial score (nSPS) is 19.9. The lowest BCUT2D eigenvalue weighted by molar-refractivity contribution is 0.00578. The summed E-state index contributed by atoms with van der Waals surface area (Å²) in [4.78, 5) is 11.1. The molecule has 0 bridgehead atoms. The van der Waals surface area contributed by atoms with Crippen LogP contribution >= 0.6 is 0 Å². The zero-order chi connectivity index (χ0) is 17.4. The second-order valence-corrected chi connectivity index (χ2v) is 6.71. The fourth-order valence-corrected chi connectivity index (χ4v) is 2.32. The van der Waals surface area contributed by atoms with Gasteiger partial charge in [0.2, 0.25) is 0 Å². The molecule has 1 aliphatic rings. The molecule has 0 spiro atoms. The molecule has 7 heteroatoms. The van der Waals surface area contributed by atoms with Crippen molar-refractivity contribution in [2.45, 2.75) is 38.9 Å². The maximum atomic E-state index is 11.1. The zero-order valence-corrected chi connectivity index (χ0v) is 13.9. The maximum Gasteiger partial charge on any atom is 0.491 e. The summed E-state index contributed by atoms with van der Waals surface area (Å²) in [5.41, 5.74) is 12.6. The fourth-order valence-electron chi connectivity index (χ4n) is 2.32. The van der Waals surface area contributed by atoms with Crippen LogP contribution in [-0.4, -0.2) is 35.9 Å². The third-order valence-electron chi connectivity index (χ3n) is 4.37. The van der Waals surface area contributed by atoms with Crippen molar-refractivity contribution in [3.63, 3.8) is 0 Å². The molecule has 2 rings (SSSR count). The Labute approximate surface area is 136 Å². The van der Waals surface area contributed by atoms with Crippen LogP contribution in [0.15, 0.2) is 23.7 Å². The van der Waals surface area contributed by atoms with E-state index in [1.807, 2.05) is 27.7 Å². The van der Waals surface area contributed by atoms with E-state index in [9.17, 15) is 4.79 Å². The molecule has 0 unspecified atom stereocenters. The number of hydrogen-bond donors (Lipinski definition) is 3. The highest BCUT2D eigenvalue weighted by molar-refractivity contribution is 6.55. The third-order valence-corrected chi connectivity index (χ3v) is 4.37. The van der Waals surface area contributed by atoms with Crippen molar-refractivity contribution >= 4 is 24.9 Å². The number of anilines is 1. The Kier molecular flexibility index (Phi) is 4.57. The van der Waals surface area contributed by atoms with Crippen molar-refractivity contribution in [1.82, 2.24) is 0 Å². The molecular weight excluding hydrogens is 295 g/mol. The van der Waals surface area contributed by atoms with E-state index in [0.29, 0.717) is 11.3 Å². The van der Waals surface area contributed by atoms with E-state index in [1.54, 1.807) is 18.2 Å². The number of hydrogen-bond acceptors (Lipinski definition) is 5. The monoisotopic (exact) mass is 318 g/mol. The number of carboxylic acids is 1. The Morgan fingerprint density at radius 2 is 1.78 bits per heavy atom. The van der Waals surface area contributed by atoms with E-state index >= 15 is 0 Å². The highest BCUT2D eigenvalue weighted by atomic mass is 16.7. The quantitative estimate of drug-likeness (QED) is 0.578. The molecule has 1 aromatic carbocycles. The topological polar surface area (TPSA) is 108 Å². The van der Waals surface area contributed by atoms with E-state index in [1.165, 1.54) is 6.07 Å². The highest BCUT2D eigenvalue weighted by Gasteiger charge is 2.52. The van der Waals surface area contributed by atoms with E-state index in [4.69, 9.17) is 25.9 Å². The Hall–Kier alpha value is -1.83. The second kappa shape index (κ2) is 6.00. The van der Waals surface area contributed by atoms with Crippen LogP contribution in [0.3, 0.4) is 0 Å². The molecule has 1 aromatic rings. The smallest absolute Gasteiger partial charge is 0.478 e. The molecule has 6 nitrogen and oxygen atoms in total. The summed E-state index contributed by atoms with van der Waals surface area (Å²) >= 11 is 0. The van der Waals surface area contributed by atoms with E-state index < -0.39 is 24.3 Å². The van der Waals surface area contributed by atoms with Gasteiger partial charge in [-0.2, -0.15) is 0 Å². The van der Waals surface area contributed by atoms with Crippen LogP contribution in [0.1, 0.15) is 43.6 Å². The minimum absolute atomic E-state index is 0.126. The van der Waals surface area contributed by atoms with Gasteiger partial charge in [0.05, 0.1) is 16.8 Å². The minimum Gasteiger partial charge on any atom is -0.478 e. The molecule has 0 radical (unpaired) electrons. The zero-order valence-electron chi connectivity index (χ0n) is 13.9. The van der Waals surface area contributed by atoms with Gasteiger partial charge < -0.3 is 25.9 Å². The predicted molar refractivity (Wildman–Crippen MR) is 90.9 cm³/mol. The van der Waals surface area contributed by atoms with Crippen LogP contribution in [0.2, 0.25) is 0 Å². The van der Waals surface area contributed by atoms with Crippen LogP contribution in [0.5, 0.6) is 0 Å². The van der Waals surface area contributed by atoms with Crippen molar-refractivity contribution < 1.29 is 19.2 Å². The van der Waals surface area contributed by atoms with Gasteiger partial charge in [0.1, 0.15) is 0 Å². The van der Waals surface area contributed by atoms with Gasteiger partial charge >= 0.3 is 13.1 Å². The van der Waals surface area contributed by atoms with Gasteiger partial charge in [-0.15, -0.1) is 0 Å². The summed E-state index contributed by atoms with van der Waals surface area (Å²) in [6.45, 7) is 8.08. The van der Waals surface area contributed by atoms with Crippen molar-refractivity contribution in [2.24, 2.45) is 5.73 Å². The maximum absolute atomic E-state index is 11.1. The first-order chi connectivity index (χ1) is 10.6. The van der Waals surface area contributed by atoms with Crippen LogP contribution in [0, 0.1) is 0 Å². The average molecular weight is 318 g/mol. The third kappa shape index (κ3) is 3.58. The first-order valence-electron chi connectivity index (χ1n) is 7.46. The van der Waals surface area contributed by atoms with E-state index in [2.05, 4.69) is 0 Å². The summed E-state index contributed by atoms with van der Waals surface area (Å²) in [5, 5.41) is 9.12. The second-order valence-electron chi connectivity index (χ2n) is 6.71. The van der Waals surface area contributed by atoms with Crippen LogP contribution in [-0.2, 0) is 9.31 Å². The molecule has 23 heavy (non-hydrogen) atoms. The fraction of sp³-hybridized carbons (Fsp3) is 0.438. The Morgan fingerprint density at radius 1 is 1.22 bits per heavy atom. The Balaban J connectivity index is 2.35. The lowest BCUT2D eigenvalue weighted by Crippen LogP contribution is -2.41. The molecule has 1 fully saturated rings. The summed E-state index contributed by atoms with van der Waals surface area (Å²) in [6.07, 6.45) is 1.77. The van der Waals surface area contributed by atoms with Crippen LogP contribution < -0.4 is 11.5 Å². The molecule has 0 amide bonds. The Morgan fingerprint density at radius 3 is 2.26 bits per heavy atom. The number of aromatic carboxylic acids is 1. The van der Waals surface area contributed by atoms with Gasteiger partial charge in [-0.25, -0.2) is 4.79 Å². The van der Waals surface area contributed by atoms with Gasteiger partial charge in [0, 0.05) is 12.2 Å². The standard InChI is InChI=1S/C16H23BN2O4/c1-15(2)16(3,4)23-17(22-15)12(9-18)6-10-5-11(14(20)21)8-13(19)7-10/h5-8H,9,18-19H2,1-4H3,(H,20,21). The summed E-state index contributed by atoms with van der Waals surface area (Å²) in [5.74, 6) is -1.03. The van der Waals surface area contributed by atoms with E-state index in [-0.39, 0.29) is 12.1 Å². The van der Waals surface area contributed by atoms with Gasteiger partial charge in [-0.1, -0.05) is 6.08 Å². The summed E-state index contributed by atoms with van der Waals surface area (Å²) in [7, 11) is -0.570. The molecule has 0 aromatic heterocycles. The minimum atomic E-state index is -1.03. The number of rotatable bonds is 4. The number of carboxylic acid groups (broad SMARTS) is 1. The van der Waals surface area contributed by atoms with Gasteiger partial charge in [-0.05, 0) is 56.9 Å². The number of carbonyl (C=O) groups is 1. The first-order valence-corrected chi connectivity index (χ1v) is 7.46. The van der Waals surface area contributed by atoms with Gasteiger partial charge in [-0.3, -0.25) is 0 Å². The molecule has 1 aliphatic heterocycles. The van der Waals surface area contributed by atoms with Gasteiger partial charge in [0.25, 0.3) is 0 Å². The largest absolute Gasteiger partial charge is 0.491 e. The molecular formula is C16H23BN2O4. The molecule has 124 valence electrons. The summed E-state index contributed by atoms with van der Waals surface area (Å²) in [6, 6.07) is 4.64. The van der Waals surface area contributed by atoms with Crippen molar-refractivity contribution in [2.75, 3.05) is 12.3 Å². The Bertz CT molecular complexity index is 639. The van der Waals surface area contributed by atoms with Crippen molar-refractivity contribution in [3.05, 3.63) is 34.8 Å². The lowest BCUT2D eigenvalue weighted by atomic mass is 9.77. The predicted octanol–water partition coefficient (Wildman–Crippen LogP) is 1.94. The molecule has 1 saturated heterocycles. The molecule has 0 atom stereocenters. The van der Waals surface area contributed by atoms with Crippen molar-refractivity contribution in [1.29, 1.82) is 0 Å². The average Bonchev–Trinajstić information content (AvgIpc) is 2.64. The molecule has 1 heterocycles. The van der Waals surface area contributed by atoms with Crippen LogP contribution in [0.4, 0.5) is 5.69 Å². The SMILES string of the molecule is CC1(C)OB(C(=Cc2cc(N)cc(C(=O)O)c2)CN)OC1(C)C. The summed E-state index contributed by atoms with van der Waals surface area (Å²) < 4.78 is 12.0. The number of nitrogens with two attached hydrogens (primary N) is 2. The van der Waals surface area contributed by atoms with Gasteiger partial charge in [0.15, 0.2) is 0 Å². The lowest BCUT2D eigenvalue weighted by Gasteiger charge is -2.32. The first kappa shape index (κ1) is 17.5. The van der Waals surface area contributed by atoms with Crippen molar-refractivity contribution in [3.8, 4) is 0 Å². The molecule has 0 aliphatic carbocycles. The molecule has 5 N–H and O–H groups in total. The number of nitrogen functional groups attached to an aromatic ring is 1.